The van der Waals surface area contributed by atoms with E-state index in [4.69, 9.17) is 20.8 Å². The van der Waals surface area contributed by atoms with Gasteiger partial charge in [0.15, 0.2) is 5.76 Å². The van der Waals surface area contributed by atoms with Crippen LogP contribution in [0.4, 0.5) is 0 Å². The lowest BCUT2D eigenvalue weighted by atomic mass is 9.94. The number of ether oxygens (including phenoxy) is 1. The molecule has 0 aliphatic carbocycles. The van der Waals surface area contributed by atoms with E-state index in [1.54, 1.807) is 30.0 Å². The first kappa shape index (κ1) is 12.4. The van der Waals surface area contributed by atoms with E-state index in [0.717, 1.165) is 0 Å². The van der Waals surface area contributed by atoms with Crippen LogP contribution in [0.15, 0.2) is 38.9 Å². The van der Waals surface area contributed by atoms with Gasteiger partial charge < -0.3 is 9.15 Å². The summed E-state index contributed by atoms with van der Waals surface area (Å²) in [7, 11) is 0. The Hall–Kier alpha value is -1.39. The van der Waals surface area contributed by atoms with E-state index in [-0.39, 0.29) is 22.7 Å². The second-order valence-corrected chi connectivity index (χ2v) is 6.54. The third-order valence-corrected chi connectivity index (χ3v) is 5.19. The number of hydrogen-bond donors (Lipinski definition) is 0. The van der Waals surface area contributed by atoms with Gasteiger partial charge in [-0.15, -0.1) is 11.8 Å². The summed E-state index contributed by atoms with van der Waals surface area (Å²) < 4.78 is 11.7. The van der Waals surface area contributed by atoms with Gasteiger partial charge in [-0.25, -0.2) is 0 Å². The summed E-state index contributed by atoms with van der Waals surface area (Å²) in [4.78, 5) is 12.6. The van der Waals surface area contributed by atoms with Gasteiger partial charge >= 0.3 is 0 Å². The Morgan fingerprint density at radius 1 is 1.35 bits per heavy atom. The first-order valence-corrected chi connectivity index (χ1v) is 7.72. The second kappa shape index (κ2) is 4.30. The van der Waals surface area contributed by atoms with Crippen molar-refractivity contribution in [3.8, 4) is 5.75 Å². The SMILES string of the molecule is CC1Oc2c(oc3ccc(Cl)cc3c2=O)C2SC=CC12. The van der Waals surface area contributed by atoms with Gasteiger partial charge in [-0.05, 0) is 30.5 Å². The van der Waals surface area contributed by atoms with Gasteiger partial charge in [0.2, 0.25) is 11.2 Å². The Balaban J connectivity index is 2.02. The number of hydrogen-bond acceptors (Lipinski definition) is 4. The summed E-state index contributed by atoms with van der Waals surface area (Å²) in [6, 6.07) is 5.09. The Morgan fingerprint density at radius 2 is 2.20 bits per heavy atom. The van der Waals surface area contributed by atoms with Crippen LogP contribution in [0.1, 0.15) is 17.9 Å². The summed E-state index contributed by atoms with van der Waals surface area (Å²) in [5, 5.41) is 3.17. The van der Waals surface area contributed by atoms with E-state index < -0.39 is 0 Å². The lowest BCUT2D eigenvalue weighted by molar-refractivity contribution is 0.138. The predicted molar refractivity (Wildman–Crippen MR) is 80.5 cm³/mol. The zero-order chi connectivity index (χ0) is 13.9. The maximum absolute atomic E-state index is 12.6. The van der Waals surface area contributed by atoms with Crippen molar-refractivity contribution in [2.75, 3.05) is 0 Å². The molecule has 1 aromatic heterocycles. The van der Waals surface area contributed by atoms with E-state index in [1.807, 2.05) is 6.92 Å². The highest BCUT2D eigenvalue weighted by Crippen LogP contribution is 2.50. The van der Waals surface area contributed by atoms with Crippen LogP contribution in [0.5, 0.6) is 5.75 Å². The third-order valence-electron chi connectivity index (χ3n) is 3.82. The van der Waals surface area contributed by atoms with Gasteiger partial charge in [0.25, 0.3) is 0 Å². The molecule has 3 heterocycles. The van der Waals surface area contributed by atoms with Crippen LogP contribution in [-0.4, -0.2) is 6.10 Å². The molecule has 3 nitrogen and oxygen atoms in total. The molecule has 0 N–H and O–H groups in total. The van der Waals surface area contributed by atoms with Crippen molar-refractivity contribution in [3.05, 3.63) is 50.7 Å². The molecular formula is C15H11ClO3S. The predicted octanol–water partition coefficient (Wildman–Crippen LogP) is 4.15. The minimum absolute atomic E-state index is 0.0294. The van der Waals surface area contributed by atoms with E-state index in [0.29, 0.717) is 27.5 Å². The number of benzene rings is 1. The van der Waals surface area contributed by atoms with E-state index in [1.165, 1.54) is 0 Å². The molecule has 0 bridgehead atoms. The van der Waals surface area contributed by atoms with Crippen LogP contribution in [0.3, 0.4) is 0 Å². The zero-order valence-electron chi connectivity index (χ0n) is 10.6. The largest absolute Gasteiger partial charge is 0.483 e. The summed E-state index contributed by atoms with van der Waals surface area (Å²) in [6.07, 6.45) is 2.09. The number of rotatable bonds is 0. The molecule has 1 aromatic carbocycles. The molecule has 2 aliphatic heterocycles. The summed E-state index contributed by atoms with van der Waals surface area (Å²) >= 11 is 7.63. The molecule has 0 spiro atoms. The fourth-order valence-electron chi connectivity index (χ4n) is 2.78. The maximum atomic E-state index is 12.6. The molecule has 0 amide bonds. The standard InChI is InChI=1S/C15H11ClO3S/c1-7-9-4-5-20-15(9)14-13(18-7)12(17)10-6-8(16)2-3-11(10)19-14/h2-7,9,15H,1H3. The molecular weight excluding hydrogens is 296 g/mol. The Bertz CT molecular complexity index is 796. The highest BCUT2D eigenvalue weighted by molar-refractivity contribution is 8.02. The summed E-state index contributed by atoms with van der Waals surface area (Å²) in [5.41, 5.74) is 0.420. The first-order chi connectivity index (χ1) is 9.65. The second-order valence-electron chi connectivity index (χ2n) is 5.05. The fourth-order valence-corrected chi connectivity index (χ4v) is 4.17. The minimum Gasteiger partial charge on any atom is -0.483 e. The highest BCUT2D eigenvalue weighted by atomic mass is 35.5. The molecule has 3 atom stereocenters. The van der Waals surface area contributed by atoms with E-state index in [9.17, 15) is 4.79 Å². The summed E-state index contributed by atoms with van der Waals surface area (Å²) in [5.74, 6) is 1.23. The van der Waals surface area contributed by atoms with Crippen molar-refractivity contribution in [1.29, 1.82) is 0 Å². The van der Waals surface area contributed by atoms with E-state index >= 15 is 0 Å². The molecule has 0 radical (unpaired) electrons. The lowest BCUT2D eigenvalue weighted by Gasteiger charge is -2.31. The highest BCUT2D eigenvalue weighted by Gasteiger charge is 2.41. The van der Waals surface area contributed by atoms with Crippen molar-refractivity contribution in [3.63, 3.8) is 0 Å². The van der Waals surface area contributed by atoms with Gasteiger partial charge in [-0.3, -0.25) is 4.79 Å². The van der Waals surface area contributed by atoms with Crippen LogP contribution >= 0.6 is 23.4 Å². The first-order valence-electron chi connectivity index (χ1n) is 6.40. The average molecular weight is 307 g/mol. The molecule has 102 valence electrons. The van der Waals surface area contributed by atoms with Crippen molar-refractivity contribution in [2.45, 2.75) is 18.3 Å². The monoisotopic (exact) mass is 306 g/mol. The molecule has 20 heavy (non-hydrogen) atoms. The van der Waals surface area contributed by atoms with Crippen molar-refractivity contribution >= 4 is 34.3 Å². The fraction of sp³-hybridized carbons (Fsp3) is 0.267. The molecule has 2 aromatic rings. The maximum Gasteiger partial charge on any atom is 0.234 e. The lowest BCUT2D eigenvalue weighted by Crippen LogP contribution is -2.32. The number of thioether (sulfide) groups is 1. The van der Waals surface area contributed by atoms with Gasteiger partial charge in [0.05, 0.1) is 10.6 Å². The Morgan fingerprint density at radius 3 is 3.05 bits per heavy atom. The van der Waals surface area contributed by atoms with Crippen molar-refractivity contribution in [2.24, 2.45) is 5.92 Å². The van der Waals surface area contributed by atoms with E-state index in [2.05, 4.69) is 11.5 Å². The van der Waals surface area contributed by atoms with Crippen LogP contribution in [0.25, 0.3) is 11.0 Å². The minimum atomic E-state index is -0.137. The molecule has 5 heteroatoms. The van der Waals surface area contributed by atoms with Gasteiger partial charge in [-0.1, -0.05) is 17.7 Å². The van der Waals surface area contributed by atoms with Crippen LogP contribution in [-0.2, 0) is 0 Å². The Kier molecular flexibility index (Phi) is 2.66. The van der Waals surface area contributed by atoms with Crippen LogP contribution < -0.4 is 10.2 Å². The molecule has 0 saturated carbocycles. The zero-order valence-corrected chi connectivity index (χ0v) is 12.2. The topological polar surface area (TPSA) is 39.4 Å². The van der Waals surface area contributed by atoms with Crippen molar-refractivity contribution in [1.82, 2.24) is 0 Å². The normalized spacial score (nSPS) is 27.2. The Labute approximate surface area is 124 Å². The van der Waals surface area contributed by atoms with Gasteiger partial charge in [0.1, 0.15) is 11.7 Å². The molecule has 4 rings (SSSR count). The van der Waals surface area contributed by atoms with Crippen LogP contribution in [0.2, 0.25) is 5.02 Å². The smallest absolute Gasteiger partial charge is 0.234 e. The van der Waals surface area contributed by atoms with Gasteiger partial charge in [-0.2, -0.15) is 0 Å². The number of halogens is 1. The molecule has 0 saturated heterocycles. The molecule has 2 aliphatic rings. The third kappa shape index (κ3) is 1.64. The van der Waals surface area contributed by atoms with Gasteiger partial charge in [0, 0.05) is 10.9 Å². The quantitative estimate of drug-likeness (QED) is 0.733. The summed E-state index contributed by atoms with van der Waals surface area (Å²) in [6.45, 7) is 1.98. The van der Waals surface area contributed by atoms with Crippen LogP contribution in [0, 0.1) is 5.92 Å². The molecule has 3 unspecified atom stereocenters. The molecule has 0 fully saturated rings. The van der Waals surface area contributed by atoms with Crippen molar-refractivity contribution < 1.29 is 9.15 Å². The average Bonchev–Trinajstić information content (AvgIpc) is 2.92. The number of fused-ring (bicyclic) bond motifs is 4.